The van der Waals surface area contributed by atoms with Gasteiger partial charge in [-0.2, -0.15) is 13.2 Å². The number of oxazole rings is 1. The van der Waals surface area contributed by atoms with E-state index in [1.807, 2.05) is 0 Å². The smallest absolute Gasteiger partial charge is 0.496 e. The van der Waals surface area contributed by atoms with Gasteiger partial charge in [0, 0.05) is 52.3 Å². The third kappa shape index (κ3) is 6.34. The molecule has 0 aliphatic heterocycles. The van der Waals surface area contributed by atoms with Crippen molar-refractivity contribution in [1.29, 1.82) is 0 Å². The highest BCUT2D eigenvalue weighted by atomic mass is 32.2. The molecule has 2 aromatic heterocycles. The standard InChI is InChI=1S/C30H23F6N3O4S/c1-16-37-26(29(31,32)33)15-39(16)24-11-8-19(18-6-5-7-21(12-18)44(4)40)13-23(24)28-27(38-17(2)42-28)22-10-9-20(14-25(22)41-3)43-30(34,35)36/h5-15H,1-4H3. The molecule has 0 radical (unpaired) electrons. The fourth-order valence-electron chi connectivity index (χ4n) is 4.67. The molecule has 0 N–H and O–H groups in total. The topological polar surface area (TPSA) is 79.4 Å². The lowest BCUT2D eigenvalue weighted by atomic mass is 9.98. The van der Waals surface area contributed by atoms with Crippen LogP contribution in [0.15, 0.2) is 76.2 Å². The zero-order chi connectivity index (χ0) is 32.0. The van der Waals surface area contributed by atoms with Crippen LogP contribution in [0.3, 0.4) is 0 Å². The molecule has 1 unspecified atom stereocenters. The second kappa shape index (κ2) is 11.5. The van der Waals surface area contributed by atoms with E-state index in [9.17, 15) is 30.6 Å². The summed E-state index contributed by atoms with van der Waals surface area (Å²) in [6.45, 7) is 2.97. The van der Waals surface area contributed by atoms with Gasteiger partial charge in [0.25, 0.3) is 0 Å². The SMILES string of the molecule is COc1cc(OC(F)(F)F)ccc1-c1nc(C)oc1-c1cc(-c2cccc(S(C)=O)c2)ccc1-n1cc(C(F)(F)F)nc1C. The van der Waals surface area contributed by atoms with E-state index < -0.39 is 34.8 Å². The molecule has 44 heavy (non-hydrogen) atoms. The highest BCUT2D eigenvalue weighted by molar-refractivity contribution is 7.84. The molecule has 7 nitrogen and oxygen atoms in total. The van der Waals surface area contributed by atoms with E-state index in [-0.39, 0.29) is 40.2 Å². The maximum Gasteiger partial charge on any atom is 0.573 e. The molecule has 5 aromatic rings. The molecule has 3 aromatic carbocycles. The highest BCUT2D eigenvalue weighted by Gasteiger charge is 2.35. The summed E-state index contributed by atoms with van der Waals surface area (Å²) in [5.74, 6) is -0.219. The van der Waals surface area contributed by atoms with Gasteiger partial charge in [-0.1, -0.05) is 18.2 Å². The summed E-state index contributed by atoms with van der Waals surface area (Å²) in [6, 6.07) is 15.4. The number of aryl methyl sites for hydroxylation is 2. The van der Waals surface area contributed by atoms with Crippen LogP contribution in [0.4, 0.5) is 26.3 Å². The number of imidazole rings is 1. The first-order valence-corrected chi connectivity index (χ1v) is 14.3. The first kappa shape index (κ1) is 30.9. The summed E-state index contributed by atoms with van der Waals surface area (Å²) in [4.78, 5) is 8.71. The van der Waals surface area contributed by atoms with Gasteiger partial charge in [-0.3, -0.25) is 4.21 Å². The molecule has 5 rings (SSSR count). The number of rotatable bonds is 7. The van der Waals surface area contributed by atoms with Crippen molar-refractivity contribution in [3.05, 3.63) is 84.3 Å². The fourth-order valence-corrected chi connectivity index (χ4v) is 5.23. The van der Waals surface area contributed by atoms with Gasteiger partial charge in [-0.15, -0.1) is 13.2 Å². The van der Waals surface area contributed by atoms with Crippen molar-refractivity contribution in [1.82, 2.24) is 14.5 Å². The van der Waals surface area contributed by atoms with E-state index in [4.69, 9.17) is 9.15 Å². The van der Waals surface area contributed by atoms with Gasteiger partial charge >= 0.3 is 12.5 Å². The van der Waals surface area contributed by atoms with Crippen LogP contribution in [0.25, 0.3) is 39.4 Å². The number of benzene rings is 3. The molecule has 0 bridgehead atoms. The summed E-state index contributed by atoms with van der Waals surface area (Å²) in [6.07, 6.45) is -7.23. The molecule has 0 spiro atoms. The minimum absolute atomic E-state index is 0.0182. The van der Waals surface area contributed by atoms with E-state index in [2.05, 4.69) is 14.7 Å². The molecule has 2 heterocycles. The van der Waals surface area contributed by atoms with Gasteiger partial charge < -0.3 is 18.5 Å². The molecular weight excluding hydrogens is 612 g/mol. The Balaban J connectivity index is 1.75. The van der Waals surface area contributed by atoms with Crippen molar-refractivity contribution in [2.24, 2.45) is 0 Å². The maximum absolute atomic E-state index is 13.6. The van der Waals surface area contributed by atoms with E-state index in [1.54, 1.807) is 49.4 Å². The Hall–Kier alpha value is -4.59. The predicted octanol–water partition coefficient (Wildman–Crippen LogP) is 8.14. The monoisotopic (exact) mass is 635 g/mol. The molecule has 230 valence electrons. The second-order valence-corrected chi connectivity index (χ2v) is 11.0. The van der Waals surface area contributed by atoms with E-state index >= 15 is 0 Å². The van der Waals surface area contributed by atoms with Gasteiger partial charge in [-0.25, -0.2) is 9.97 Å². The van der Waals surface area contributed by atoms with Gasteiger partial charge in [0.05, 0.1) is 12.8 Å². The lowest BCUT2D eigenvalue weighted by Gasteiger charge is -2.15. The molecule has 0 aliphatic carbocycles. The van der Waals surface area contributed by atoms with Crippen LogP contribution in [0.5, 0.6) is 11.5 Å². The Bertz CT molecular complexity index is 1880. The van der Waals surface area contributed by atoms with Crippen molar-refractivity contribution >= 4 is 10.8 Å². The van der Waals surface area contributed by atoms with Crippen LogP contribution in [-0.4, -0.2) is 38.5 Å². The van der Waals surface area contributed by atoms with Crippen LogP contribution in [0, 0.1) is 13.8 Å². The predicted molar refractivity (Wildman–Crippen MR) is 150 cm³/mol. The van der Waals surface area contributed by atoms with Crippen molar-refractivity contribution in [3.8, 4) is 50.9 Å². The summed E-state index contributed by atoms with van der Waals surface area (Å²) in [7, 11) is -0.0199. The van der Waals surface area contributed by atoms with Crippen LogP contribution < -0.4 is 9.47 Å². The number of halogens is 6. The van der Waals surface area contributed by atoms with Gasteiger partial charge in [-0.05, 0) is 54.4 Å². The molecule has 1 atom stereocenters. The number of hydrogen-bond acceptors (Lipinski definition) is 6. The average molecular weight is 636 g/mol. The Morgan fingerprint density at radius 1 is 0.886 bits per heavy atom. The second-order valence-electron chi connectivity index (χ2n) is 9.58. The molecule has 0 amide bonds. The Labute approximate surface area is 249 Å². The zero-order valence-electron chi connectivity index (χ0n) is 23.5. The molecule has 0 fully saturated rings. The fraction of sp³-hybridized carbons (Fsp3) is 0.200. The maximum atomic E-state index is 13.6. The van der Waals surface area contributed by atoms with Gasteiger partial charge in [0.2, 0.25) is 0 Å². The molecule has 14 heteroatoms. The van der Waals surface area contributed by atoms with Crippen molar-refractivity contribution in [2.45, 2.75) is 31.3 Å². The first-order chi connectivity index (χ1) is 20.6. The van der Waals surface area contributed by atoms with Gasteiger partial charge in [0.15, 0.2) is 17.3 Å². The highest BCUT2D eigenvalue weighted by Crippen LogP contribution is 2.43. The molecule has 0 aliphatic rings. The minimum atomic E-state index is -4.93. The number of methoxy groups -OCH3 is 1. The summed E-state index contributed by atoms with van der Waals surface area (Å²) in [5.41, 5.74) is 1.16. The Morgan fingerprint density at radius 2 is 1.61 bits per heavy atom. The third-order valence-electron chi connectivity index (χ3n) is 6.57. The summed E-state index contributed by atoms with van der Waals surface area (Å²) < 4.78 is 108. The first-order valence-electron chi connectivity index (χ1n) is 12.8. The van der Waals surface area contributed by atoms with E-state index in [0.29, 0.717) is 21.6 Å². The van der Waals surface area contributed by atoms with Crippen molar-refractivity contribution in [2.75, 3.05) is 13.4 Å². The molecule has 0 saturated carbocycles. The van der Waals surface area contributed by atoms with E-state index in [0.717, 1.165) is 18.3 Å². The lowest BCUT2D eigenvalue weighted by Crippen LogP contribution is -2.17. The third-order valence-corrected chi connectivity index (χ3v) is 7.49. The average Bonchev–Trinajstić information content (AvgIpc) is 3.54. The van der Waals surface area contributed by atoms with Crippen molar-refractivity contribution in [3.63, 3.8) is 0 Å². The van der Waals surface area contributed by atoms with Crippen LogP contribution in [0.1, 0.15) is 17.4 Å². The quantitative estimate of drug-likeness (QED) is 0.168. The van der Waals surface area contributed by atoms with E-state index in [1.165, 1.54) is 30.9 Å². The Morgan fingerprint density at radius 3 is 2.25 bits per heavy atom. The lowest BCUT2D eigenvalue weighted by molar-refractivity contribution is -0.274. The van der Waals surface area contributed by atoms with Crippen LogP contribution in [0.2, 0.25) is 0 Å². The Kier molecular flexibility index (Phi) is 8.05. The van der Waals surface area contributed by atoms with Crippen LogP contribution in [-0.2, 0) is 17.0 Å². The number of hydrogen-bond donors (Lipinski definition) is 0. The number of ether oxygens (including phenoxy) is 2. The molecular formula is C30H23F6N3O4S. The molecule has 0 saturated heterocycles. The largest absolute Gasteiger partial charge is 0.573 e. The summed E-state index contributed by atoms with van der Waals surface area (Å²) >= 11 is 0. The van der Waals surface area contributed by atoms with Crippen molar-refractivity contribution < 1.29 is 44.4 Å². The van der Waals surface area contributed by atoms with Crippen LogP contribution >= 0.6 is 0 Å². The van der Waals surface area contributed by atoms with Gasteiger partial charge in [0.1, 0.15) is 23.0 Å². The minimum Gasteiger partial charge on any atom is -0.496 e. The summed E-state index contributed by atoms with van der Waals surface area (Å²) in [5, 5.41) is 0. The normalized spacial score (nSPS) is 12.8. The number of alkyl halides is 6. The zero-order valence-corrected chi connectivity index (χ0v) is 24.3. The number of aromatic nitrogens is 3. The number of nitrogens with zero attached hydrogens (tertiary/aromatic N) is 3.